The van der Waals surface area contributed by atoms with Crippen molar-refractivity contribution in [3.05, 3.63) is 59.1 Å². The van der Waals surface area contributed by atoms with Crippen LogP contribution in [0.4, 0.5) is 0 Å². The molecular weight excluding hydrogens is 326 g/mol. The maximum atomic E-state index is 10.6. The van der Waals surface area contributed by atoms with E-state index in [1.165, 1.54) is 0 Å². The van der Waals surface area contributed by atoms with E-state index < -0.39 is 0 Å². The second-order valence-corrected chi connectivity index (χ2v) is 5.58. The van der Waals surface area contributed by atoms with Gasteiger partial charge in [0.15, 0.2) is 0 Å². The molecule has 3 rings (SSSR count). The van der Waals surface area contributed by atoms with E-state index in [1.54, 1.807) is 24.3 Å². The lowest BCUT2D eigenvalue weighted by Crippen LogP contribution is -1.93. The van der Waals surface area contributed by atoms with E-state index >= 15 is 0 Å². The van der Waals surface area contributed by atoms with Gasteiger partial charge in [-0.3, -0.25) is 0 Å². The van der Waals surface area contributed by atoms with Crippen LogP contribution in [-0.2, 0) is 11.2 Å². The largest absolute Gasteiger partial charge is 0.492 e. The first-order valence-electron chi connectivity index (χ1n) is 7.63. The van der Waals surface area contributed by atoms with Gasteiger partial charge in [0.2, 0.25) is 5.88 Å². The lowest BCUT2D eigenvalue weighted by molar-refractivity contribution is -0.107. The molecule has 0 spiro atoms. The van der Waals surface area contributed by atoms with E-state index in [2.05, 4.69) is 4.98 Å². The van der Waals surface area contributed by atoms with E-state index in [1.807, 2.05) is 31.2 Å². The molecular formula is C19H16ClNO3. The molecule has 5 heteroatoms. The second-order valence-electron chi connectivity index (χ2n) is 5.17. The van der Waals surface area contributed by atoms with Crippen LogP contribution in [-0.4, -0.2) is 17.9 Å². The predicted octanol–water partition coefficient (Wildman–Crippen LogP) is 4.82. The Kier molecular flexibility index (Phi) is 4.96. The number of pyridine rings is 1. The molecule has 122 valence electrons. The summed E-state index contributed by atoms with van der Waals surface area (Å²) in [5.41, 5.74) is 1.77. The van der Waals surface area contributed by atoms with Crippen LogP contribution in [0.15, 0.2) is 48.5 Å². The Balaban J connectivity index is 1.83. The zero-order valence-electron chi connectivity index (χ0n) is 13.2. The summed E-state index contributed by atoms with van der Waals surface area (Å²) in [5.74, 6) is 1.69. The third-order valence-electron chi connectivity index (χ3n) is 3.47. The number of fused-ring (bicyclic) bond motifs is 1. The molecule has 0 atom stereocenters. The molecule has 0 unspecified atom stereocenters. The summed E-state index contributed by atoms with van der Waals surface area (Å²) in [6.07, 6.45) is 1.29. The van der Waals surface area contributed by atoms with Gasteiger partial charge in [0.25, 0.3) is 0 Å². The van der Waals surface area contributed by atoms with Crippen LogP contribution in [0.1, 0.15) is 12.5 Å². The minimum atomic E-state index is 0.402. The fourth-order valence-corrected chi connectivity index (χ4v) is 2.60. The van der Waals surface area contributed by atoms with Crippen molar-refractivity contribution >= 4 is 28.8 Å². The first-order valence-corrected chi connectivity index (χ1v) is 8.01. The Bertz CT molecular complexity index is 880. The average molecular weight is 342 g/mol. The van der Waals surface area contributed by atoms with E-state index in [0.29, 0.717) is 35.4 Å². The first kappa shape index (κ1) is 16.3. The summed E-state index contributed by atoms with van der Waals surface area (Å²) >= 11 is 6.16. The minimum absolute atomic E-state index is 0.402. The van der Waals surface area contributed by atoms with Crippen LogP contribution in [0.2, 0.25) is 5.02 Å². The Hall–Kier alpha value is -2.59. The van der Waals surface area contributed by atoms with E-state index in [0.717, 1.165) is 22.8 Å². The Morgan fingerprint density at radius 1 is 1.12 bits per heavy atom. The Morgan fingerprint density at radius 2 is 2.00 bits per heavy atom. The molecule has 0 radical (unpaired) electrons. The van der Waals surface area contributed by atoms with Gasteiger partial charge >= 0.3 is 0 Å². The molecule has 0 bridgehead atoms. The van der Waals surface area contributed by atoms with Gasteiger partial charge in [-0.05, 0) is 42.8 Å². The summed E-state index contributed by atoms with van der Waals surface area (Å²) in [6, 6.07) is 14.7. The fraction of sp³-hybridized carbons (Fsp3) is 0.158. The Labute approximate surface area is 145 Å². The van der Waals surface area contributed by atoms with Crippen molar-refractivity contribution in [1.82, 2.24) is 4.98 Å². The van der Waals surface area contributed by atoms with Gasteiger partial charge in [-0.2, -0.15) is 0 Å². The topological polar surface area (TPSA) is 48.4 Å². The molecule has 24 heavy (non-hydrogen) atoms. The van der Waals surface area contributed by atoms with Crippen LogP contribution in [0.25, 0.3) is 10.9 Å². The van der Waals surface area contributed by atoms with Gasteiger partial charge in [-0.15, -0.1) is 0 Å². The quantitative estimate of drug-likeness (QED) is 0.603. The van der Waals surface area contributed by atoms with Crippen molar-refractivity contribution in [1.29, 1.82) is 0 Å². The smallest absolute Gasteiger partial charge is 0.219 e. The van der Waals surface area contributed by atoms with Crippen molar-refractivity contribution in [2.45, 2.75) is 13.3 Å². The third kappa shape index (κ3) is 3.66. The van der Waals surface area contributed by atoms with Crippen molar-refractivity contribution in [2.75, 3.05) is 6.61 Å². The summed E-state index contributed by atoms with van der Waals surface area (Å²) in [4.78, 5) is 15.1. The number of nitrogens with zero attached hydrogens (tertiary/aromatic N) is 1. The highest BCUT2D eigenvalue weighted by Gasteiger charge is 2.06. The number of hydrogen-bond acceptors (Lipinski definition) is 4. The molecule has 0 amide bonds. The van der Waals surface area contributed by atoms with Crippen LogP contribution in [0.5, 0.6) is 17.4 Å². The number of aldehydes is 1. The lowest BCUT2D eigenvalue weighted by Gasteiger charge is -2.09. The fourth-order valence-electron chi connectivity index (χ4n) is 2.37. The summed E-state index contributed by atoms with van der Waals surface area (Å²) in [5, 5.41) is 1.46. The van der Waals surface area contributed by atoms with Crippen molar-refractivity contribution in [3.63, 3.8) is 0 Å². The highest BCUT2D eigenvalue weighted by Crippen LogP contribution is 2.31. The molecule has 0 aliphatic heterocycles. The van der Waals surface area contributed by atoms with Crippen LogP contribution >= 0.6 is 11.6 Å². The summed E-state index contributed by atoms with van der Waals surface area (Å²) in [6.45, 7) is 2.46. The molecule has 0 aliphatic carbocycles. The molecule has 4 nitrogen and oxygen atoms in total. The first-order chi connectivity index (χ1) is 11.7. The molecule has 0 saturated heterocycles. The summed E-state index contributed by atoms with van der Waals surface area (Å²) < 4.78 is 11.2. The van der Waals surface area contributed by atoms with E-state index in [4.69, 9.17) is 21.1 Å². The maximum Gasteiger partial charge on any atom is 0.219 e. The van der Waals surface area contributed by atoms with Gasteiger partial charge in [0.05, 0.1) is 17.1 Å². The van der Waals surface area contributed by atoms with E-state index in [-0.39, 0.29) is 0 Å². The number of benzene rings is 2. The second kappa shape index (κ2) is 7.32. The van der Waals surface area contributed by atoms with E-state index in [9.17, 15) is 4.79 Å². The van der Waals surface area contributed by atoms with Crippen molar-refractivity contribution < 1.29 is 14.3 Å². The van der Waals surface area contributed by atoms with Crippen LogP contribution in [0.3, 0.4) is 0 Å². The number of aromatic nitrogens is 1. The van der Waals surface area contributed by atoms with Crippen LogP contribution in [0, 0.1) is 0 Å². The molecule has 1 aromatic heterocycles. The SMILES string of the molecule is CCOc1ccc(Oc2ccc3cc(CC=O)ccc3n2)cc1Cl. The number of ether oxygens (including phenoxy) is 2. The number of carbonyl (C=O) groups excluding carboxylic acids is 1. The number of carbonyl (C=O) groups is 1. The molecule has 2 aromatic carbocycles. The van der Waals surface area contributed by atoms with Crippen LogP contribution < -0.4 is 9.47 Å². The predicted molar refractivity (Wildman–Crippen MR) is 94.2 cm³/mol. The standard InChI is InChI=1S/C19H16ClNO3/c1-2-23-18-7-5-15(12-16(18)20)24-19-8-4-14-11-13(9-10-22)3-6-17(14)21-19/h3-8,10-12H,2,9H2,1H3. The molecule has 0 fully saturated rings. The highest BCUT2D eigenvalue weighted by molar-refractivity contribution is 6.32. The normalized spacial score (nSPS) is 10.6. The molecule has 3 aromatic rings. The van der Waals surface area contributed by atoms with Gasteiger partial charge in [0, 0.05) is 23.9 Å². The maximum absolute atomic E-state index is 10.6. The Morgan fingerprint density at radius 3 is 2.75 bits per heavy atom. The number of halogens is 1. The third-order valence-corrected chi connectivity index (χ3v) is 3.77. The average Bonchev–Trinajstić information content (AvgIpc) is 2.58. The minimum Gasteiger partial charge on any atom is -0.492 e. The monoisotopic (exact) mass is 341 g/mol. The molecule has 1 heterocycles. The molecule has 0 N–H and O–H groups in total. The summed E-state index contributed by atoms with van der Waals surface area (Å²) in [7, 11) is 0. The van der Waals surface area contributed by atoms with Gasteiger partial charge in [-0.25, -0.2) is 4.98 Å². The van der Waals surface area contributed by atoms with Gasteiger partial charge < -0.3 is 14.3 Å². The highest BCUT2D eigenvalue weighted by atomic mass is 35.5. The van der Waals surface area contributed by atoms with Crippen molar-refractivity contribution in [3.8, 4) is 17.4 Å². The molecule has 0 aliphatic rings. The molecule has 0 saturated carbocycles. The van der Waals surface area contributed by atoms with Gasteiger partial charge in [-0.1, -0.05) is 17.7 Å². The number of rotatable bonds is 6. The zero-order chi connectivity index (χ0) is 16.9. The van der Waals surface area contributed by atoms with Crippen molar-refractivity contribution in [2.24, 2.45) is 0 Å². The van der Waals surface area contributed by atoms with Gasteiger partial charge in [0.1, 0.15) is 17.8 Å². The lowest BCUT2D eigenvalue weighted by atomic mass is 10.1. The number of hydrogen-bond donors (Lipinski definition) is 0. The zero-order valence-corrected chi connectivity index (χ0v) is 13.9.